The molecule has 0 bridgehead atoms. The Bertz CT molecular complexity index is 400. The molecule has 0 fully saturated rings. The van der Waals surface area contributed by atoms with E-state index in [-0.39, 0.29) is 0 Å². The summed E-state index contributed by atoms with van der Waals surface area (Å²) in [6.45, 7) is 0. The summed E-state index contributed by atoms with van der Waals surface area (Å²) in [6, 6.07) is 4.17. The Hall–Kier alpha value is -1.18. The minimum atomic E-state index is -4.41. The maximum Gasteiger partial charge on any atom is 0.217 e. The van der Waals surface area contributed by atoms with E-state index in [1.165, 1.54) is 5.69 Å². The van der Waals surface area contributed by atoms with E-state index in [1.54, 1.807) is 0 Å². The van der Waals surface area contributed by atoms with Crippen LogP contribution in [0.2, 0.25) is 0 Å². The Kier molecular flexibility index (Phi) is 5.94. The normalized spacial score (nSPS) is 10.3. The van der Waals surface area contributed by atoms with E-state index in [9.17, 15) is 13.0 Å². The second kappa shape index (κ2) is 6.41. The quantitative estimate of drug-likeness (QED) is 0.407. The van der Waals surface area contributed by atoms with Crippen molar-refractivity contribution < 1.29 is 21.7 Å². The second-order valence-corrected chi connectivity index (χ2v) is 4.34. The lowest BCUT2D eigenvalue weighted by Crippen LogP contribution is -2.26. The van der Waals surface area contributed by atoms with Crippen LogP contribution in [0.5, 0.6) is 0 Å². The van der Waals surface area contributed by atoms with E-state index in [0.717, 1.165) is 7.11 Å². The zero-order chi connectivity index (χ0) is 12.8. The molecular formula is C9H16N2O4S. The van der Waals surface area contributed by atoms with Gasteiger partial charge in [-0.3, -0.25) is 4.18 Å². The first-order valence-electron chi connectivity index (χ1n) is 4.40. The molecule has 0 saturated heterocycles. The van der Waals surface area contributed by atoms with Crippen LogP contribution in [0.4, 0.5) is 5.69 Å². The molecule has 0 aliphatic heterocycles. The molecule has 0 unspecified atom stereocenters. The summed E-state index contributed by atoms with van der Waals surface area (Å²) in [6.07, 6.45) is 4.07. The molecule has 7 heteroatoms. The molecule has 1 rings (SSSR count). The lowest BCUT2D eigenvalue weighted by Gasteiger charge is -2.09. The van der Waals surface area contributed by atoms with Gasteiger partial charge in [0.15, 0.2) is 12.4 Å². The van der Waals surface area contributed by atoms with E-state index >= 15 is 0 Å². The molecule has 0 aromatic carbocycles. The number of pyridine rings is 1. The van der Waals surface area contributed by atoms with Crippen LogP contribution in [0.1, 0.15) is 0 Å². The van der Waals surface area contributed by atoms with Gasteiger partial charge in [-0.2, -0.15) is 0 Å². The lowest BCUT2D eigenvalue weighted by atomic mass is 10.4. The molecule has 0 radical (unpaired) electrons. The molecule has 1 aromatic rings. The molecular weight excluding hydrogens is 232 g/mol. The maximum absolute atomic E-state index is 9.22. The Balaban J connectivity index is 0.000000325. The molecule has 0 saturated carbocycles. The highest BCUT2D eigenvalue weighted by Gasteiger charge is 1.95. The topological polar surface area (TPSA) is 73.5 Å². The van der Waals surface area contributed by atoms with Gasteiger partial charge < -0.3 is 9.45 Å². The van der Waals surface area contributed by atoms with E-state index < -0.39 is 10.4 Å². The van der Waals surface area contributed by atoms with Gasteiger partial charge in [0, 0.05) is 31.9 Å². The molecule has 0 N–H and O–H groups in total. The molecule has 92 valence electrons. The fraction of sp³-hybridized carbons (Fsp3) is 0.444. The van der Waals surface area contributed by atoms with Gasteiger partial charge in [0.05, 0.1) is 7.11 Å². The van der Waals surface area contributed by atoms with Crippen molar-refractivity contribution in [2.75, 3.05) is 26.1 Å². The number of hydrogen-bond acceptors (Lipinski definition) is 5. The fourth-order valence-electron chi connectivity index (χ4n) is 0.791. The van der Waals surface area contributed by atoms with Crippen LogP contribution in [-0.4, -0.2) is 34.2 Å². The Labute approximate surface area is 96.0 Å². The van der Waals surface area contributed by atoms with Crippen LogP contribution in [0.3, 0.4) is 0 Å². The molecule has 1 aromatic heterocycles. The molecule has 1 heterocycles. The van der Waals surface area contributed by atoms with Gasteiger partial charge in [-0.05, 0) is 0 Å². The third-order valence-electron chi connectivity index (χ3n) is 1.68. The van der Waals surface area contributed by atoms with Gasteiger partial charge in [0.1, 0.15) is 7.05 Å². The van der Waals surface area contributed by atoms with E-state index in [1.807, 2.05) is 38.1 Å². The predicted molar refractivity (Wildman–Crippen MR) is 58.7 cm³/mol. The first kappa shape index (κ1) is 14.8. The van der Waals surface area contributed by atoms with Gasteiger partial charge in [0.25, 0.3) is 0 Å². The average molecular weight is 248 g/mol. The van der Waals surface area contributed by atoms with Crippen molar-refractivity contribution in [1.29, 1.82) is 0 Å². The van der Waals surface area contributed by atoms with Crippen LogP contribution >= 0.6 is 0 Å². The van der Waals surface area contributed by atoms with Crippen molar-refractivity contribution in [3.8, 4) is 0 Å². The lowest BCUT2D eigenvalue weighted by molar-refractivity contribution is -0.671. The molecule has 0 amide bonds. The van der Waals surface area contributed by atoms with Crippen LogP contribution < -0.4 is 9.47 Å². The van der Waals surface area contributed by atoms with Crippen molar-refractivity contribution in [3.05, 3.63) is 24.5 Å². The Morgan fingerprint density at radius 2 is 1.69 bits per heavy atom. The summed E-state index contributed by atoms with van der Waals surface area (Å²) in [5.41, 5.74) is 1.23. The van der Waals surface area contributed by atoms with Gasteiger partial charge in [0.2, 0.25) is 10.4 Å². The van der Waals surface area contributed by atoms with E-state index in [0.29, 0.717) is 0 Å². The van der Waals surface area contributed by atoms with Crippen LogP contribution in [0, 0.1) is 0 Å². The zero-order valence-electron chi connectivity index (χ0n) is 9.75. The molecule has 6 nitrogen and oxygen atoms in total. The third kappa shape index (κ3) is 7.16. The van der Waals surface area contributed by atoms with Gasteiger partial charge >= 0.3 is 0 Å². The number of rotatable bonds is 2. The highest BCUT2D eigenvalue weighted by molar-refractivity contribution is 7.80. The number of aryl methyl sites for hydroxylation is 1. The van der Waals surface area contributed by atoms with Crippen molar-refractivity contribution >= 4 is 16.1 Å². The van der Waals surface area contributed by atoms with Crippen molar-refractivity contribution in [2.24, 2.45) is 7.05 Å². The molecule has 0 aliphatic carbocycles. The molecule has 16 heavy (non-hydrogen) atoms. The summed E-state index contributed by atoms with van der Waals surface area (Å²) >= 11 is 0. The molecule has 0 aliphatic rings. The van der Waals surface area contributed by atoms with Gasteiger partial charge in [-0.25, -0.2) is 13.0 Å². The zero-order valence-corrected chi connectivity index (χ0v) is 10.6. The third-order valence-corrected chi connectivity index (χ3v) is 2.09. The monoisotopic (exact) mass is 248 g/mol. The summed E-state index contributed by atoms with van der Waals surface area (Å²) in [5.74, 6) is 0. The smallest absolute Gasteiger partial charge is 0.217 e. The number of hydrogen-bond donors (Lipinski definition) is 0. The summed E-state index contributed by atoms with van der Waals surface area (Å²) in [5, 5.41) is 0. The Morgan fingerprint density at radius 1 is 1.31 bits per heavy atom. The second-order valence-electron chi connectivity index (χ2n) is 3.19. The fourth-order valence-corrected chi connectivity index (χ4v) is 0.791. The number of aromatic nitrogens is 1. The molecule has 0 atom stereocenters. The largest absolute Gasteiger partial charge is 0.726 e. The minimum Gasteiger partial charge on any atom is -0.726 e. The van der Waals surface area contributed by atoms with Crippen LogP contribution in [-0.2, 0) is 21.6 Å². The van der Waals surface area contributed by atoms with Crippen LogP contribution in [0.25, 0.3) is 0 Å². The SMILES string of the molecule is CN(C)c1cc[n+](C)cc1.COS(=O)(=O)[O-]. The van der Waals surface area contributed by atoms with Gasteiger partial charge in [-0.15, -0.1) is 0 Å². The summed E-state index contributed by atoms with van der Waals surface area (Å²) in [7, 11) is 2.48. The van der Waals surface area contributed by atoms with Crippen LogP contribution in [0.15, 0.2) is 24.5 Å². The highest BCUT2D eigenvalue weighted by Crippen LogP contribution is 2.04. The van der Waals surface area contributed by atoms with E-state index in [4.69, 9.17) is 0 Å². The van der Waals surface area contributed by atoms with Crippen molar-refractivity contribution in [2.45, 2.75) is 0 Å². The first-order valence-corrected chi connectivity index (χ1v) is 5.73. The van der Waals surface area contributed by atoms with E-state index in [2.05, 4.69) is 21.2 Å². The number of anilines is 1. The summed E-state index contributed by atoms with van der Waals surface area (Å²) in [4.78, 5) is 2.08. The minimum absolute atomic E-state index is 0.808. The standard InChI is InChI=1S/C8H13N2.CH4O4S/c1-9(2)8-4-6-10(3)7-5-8;1-5-6(2,3)4/h4-7H,1-3H3;1H3,(H,2,3,4)/q+1;/p-1. The Morgan fingerprint density at radius 3 is 1.94 bits per heavy atom. The number of nitrogens with zero attached hydrogens (tertiary/aromatic N) is 2. The maximum atomic E-state index is 9.22. The van der Waals surface area contributed by atoms with Crippen molar-refractivity contribution in [3.63, 3.8) is 0 Å². The average Bonchev–Trinajstić information content (AvgIpc) is 2.18. The highest BCUT2D eigenvalue weighted by atomic mass is 32.3. The van der Waals surface area contributed by atoms with Gasteiger partial charge in [-0.1, -0.05) is 0 Å². The van der Waals surface area contributed by atoms with Crippen molar-refractivity contribution in [1.82, 2.24) is 0 Å². The first-order chi connectivity index (χ1) is 7.26. The molecule has 0 spiro atoms. The summed E-state index contributed by atoms with van der Waals surface area (Å²) < 4.78 is 33.0. The predicted octanol–water partition coefficient (Wildman–Crippen LogP) is -0.330.